The predicted molar refractivity (Wildman–Crippen MR) is 159 cm³/mol. The third-order valence-corrected chi connectivity index (χ3v) is 8.26. The van der Waals surface area contributed by atoms with Crippen LogP contribution in [0.3, 0.4) is 0 Å². The molecule has 0 amide bonds. The molecule has 1 aromatic heterocycles. The summed E-state index contributed by atoms with van der Waals surface area (Å²) in [5.74, 6) is 0. The van der Waals surface area contributed by atoms with E-state index in [9.17, 15) is 0 Å². The van der Waals surface area contributed by atoms with Gasteiger partial charge < -0.3 is 0 Å². The Morgan fingerprint density at radius 2 is 1.27 bits per heavy atom. The standard InChI is InChI=1S/C35H53N2/c1-4-6-8-10-11-12-13-20-26-34(37-29-28-36(31-37)27-21-9-7-5-2)35(3,33-24-18-15-19-25-33)30-32-22-16-14-17-23-32/h14-19,22-25,28-29,31,34H,4-13,20-21,26-27,30H2,1-3H3/q+1. The van der Waals surface area contributed by atoms with Crippen LogP contribution in [0.2, 0.25) is 0 Å². The van der Waals surface area contributed by atoms with E-state index in [0.717, 1.165) is 13.0 Å². The molecule has 0 saturated carbocycles. The van der Waals surface area contributed by atoms with Crippen LogP contribution in [-0.2, 0) is 18.4 Å². The average Bonchev–Trinajstić information content (AvgIpc) is 3.39. The monoisotopic (exact) mass is 501 g/mol. The summed E-state index contributed by atoms with van der Waals surface area (Å²) in [5.41, 5.74) is 2.89. The molecule has 0 aliphatic rings. The molecular formula is C35H53N2+. The van der Waals surface area contributed by atoms with Crippen molar-refractivity contribution in [3.05, 3.63) is 90.5 Å². The van der Waals surface area contributed by atoms with E-state index >= 15 is 0 Å². The Morgan fingerprint density at radius 1 is 0.703 bits per heavy atom. The van der Waals surface area contributed by atoms with Crippen LogP contribution in [0.1, 0.15) is 121 Å². The Hall–Kier alpha value is -2.35. The summed E-state index contributed by atoms with van der Waals surface area (Å²) >= 11 is 0. The van der Waals surface area contributed by atoms with Crippen LogP contribution in [0.25, 0.3) is 0 Å². The molecule has 2 atom stereocenters. The van der Waals surface area contributed by atoms with E-state index < -0.39 is 0 Å². The maximum atomic E-state index is 2.55. The van der Waals surface area contributed by atoms with Crippen molar-refractivity contribution >= 4 is 0 Å². The van der Waals surface area contributed by atoms with Gasteiger partial charge in [-0.1, -0.05) is 139 Å². The lowest BCUT2D eigenvalue weighted by atomic mass is 9.70. The molecule has 1 heterocycles. The smallest absolute Gasteiger partial charge is 0.237 e. The largest absolute Gasteiger partial charge is 0.244 e. The highest BCUT2D eigenvalue weighted by Gasteiger charge is 2.40. The minimum Gasteiger partial charge on any atom is -0.237 e. The first kappa shape index (κ1) is 29.2. The summed E-state index contributed by atoms with van der Waals surface area (Å²) in [4.78, 5) is 0. The lowest BCUT2D eigenvalue weighted by Gasteiger charge is -2.37. The Kier molecular flexibility index (Phi) is 13.0. The van der Waals surface area contributed by atoms with Crippen molar-refractivity contribution in [3.8, 4) is 0 Å². The lowest BCUT2D eigenvalue weighted by molar-refractivity contribution is -0.697. The molecule has 0 bridgehead atoms. The van der Waals surface area contributed by atoms with Crippen LogP contribution in [0.4, 0.5) is 0 Å². The van der Waals surface area contributed by atoms with Crippen LogP contribution < -0.4 is 4.57 Å². The number of aromatic nitrogens is 2. The summed E-state index contributed by atoms with van der Waals surface area (Å²) in [7, 11) is 0. The average molecular weight is 502 g/mol. The second kappa shape index (κ2) is 16.5. The number of nitrogens with zero attached hydrogens (tertiary/aromatic N) is 2. The van der Waals surface area contributed by atoms with Gasteiger partial charge in [0.1, 0.15) is 18.4 Å². The number of hydrogen-bond acceptors (Lipinski definition) is 0. The van der Waals surface area contributed by atoms with E-state index in [4.69, 9.17) is 0 Å². The highest BCUT2D eigenvalue weighted by Crippen LogP contribution is 2.41. The van der Waals surface area contributed by atoms with Crippen molar-refractivity contribution in [1.29, 1.82) is 0 Å². The van der Waals surface area contributed by atoms with Crippen LogP contribution in [0, 0.1) is 0 Å². The number of unbranched alkanes of at least 4 members (excludes halogenated alkanes) is 10. The first-order valence-corrected chi connectivity index (χ1v) is 15.3. The van der Waals surface area contributed by atoms with E-state index in [2.05, 4.69) is 109 Å². The van der Waals surface area contributed by atoms with Gasteiger partial charge in [-0.15, -0.1) is 0 Å². The van der Waals surface area contributed by atoms with E-state index in [1.165, 1.54) is 94.6 Å². The van der Waals surface area contributed by atoms with Crippen molar-refractivity contribution in [3.63, 3.8) is 0 Å². The molecule has 0 aliphatic carbocycles. The molecule has 3 aromatic rings. The van der Waals surface area contributed by atoms with Gasteiger partial charge in [0.25, 0.3) is 0 Å². The molecule has 0 spiro atoms. The van der Waals surface area contributed by atoms with Crippen LogP contribution in [-0.4, -0.2) is 4.57 Å². The lowest BCUT2D eigenvalue weighted by Crippen LogP contribution is -2.38. The molecule has 0 fully saturated rings. The van der Waals surface area contributed by atoms with Crippen LogP contribution in [0.15, 0.2) is 79.4 Å². The Bertz CT molecular complexity index is 961. The van der Waals surface area contributed by atoms with Gasteiger partial charge in [-0.3, -0.25) is 0 Å². The van der Waals surface area contributed by atoms with E-state index in [0.29, 0.717) is 6.04 Å². The SMILES string of the molecule is CCCCCCCCCCC(n1cc[n+](CCCCCC)c1)C(C)(Cc1ccccc1)c1ccccc1. The van der Waals surface area contributed by atoms with Gasteiger partial charge in [-0.2, -0.15) is 0 Å². The number of benzene rings is 2. The minimum atomic E-state index is 0.0167. The van der Waals surface area contributed by atoms with E-state index in [-0.39, 0.29) is 5.41 Å². The Morgan fingerprint density at radius 3 is 1.92 bits per heavy atom. The van der Waals surface area contributed by atoms with Gasteiger partial charge in [0, 0.05) is 5.41 Å². The molecule has 2 nitrogen and oxygen atoms in total. The fourth-order valence-corrected chi connectivity index (χ4v) is 5.97. The molecule has 0 saturated heterocycles. The molecule has 0 aliphatic heterocycles. The van der Waals surface area contributed by atoms with Crippen molar-refractivity contribution in [1.82, 2.24) is 4.57 Å². The maximum Gasteiger partial charge on any atom is 0.244 e. The summed E-state index contributed by atoms with van der Waals surface area (Å²) < 4.78 is 4.97. The third kappa shape index (κ3) is 9.47. The van der Waals surface area contributed by atoms with Gasteiger partial charge in [0.2, 0.25) is 6.33 Å². The molecular weight excluding hydrogens is 448 g/mol. The van der Waals surface area contributed by atoms with Crippen LogP contribution >= 0.6 is 0 Å². The van der Waals surface area contributed by atoms with Crippen molar-refractivity contribution in [2.45, 2.75) is 129 Å². The van der Waals surface area contributed by atoms with Gasteiger partial charge >= 0.3 is 0 Å². The molecule has 2 heteroatoms. The minimum absolute atomic E-state index is 0.0167. The van der Waals surface area contributed by atoms with E-state index in [1.807, 2.05) is 0 Å². The fraction of sp³-hybridized carbons (Fsp3) is 0.571. The fourth-order valence-electron chi connectivity index (χ4n) is 5.97. The van der Waals surface area contributed by atoms with E-state index in [1.54, 1.807) is 0 Å². The molecule has 0 radical (unpaired) electrons. The quantitative estimate of drug-likeness (QED) is 0.114. The first-order chi connectivity index (χ1) is 18.2. The van der Waals surface area contributed by atoms with Crippen molar-refractivity contribution < 1.29 is 4.57 Å². The molecule has 2 unspecified atom stereocenters. The van der Waals surface area contributed by atoms with Crippen LogP contribution in [0.5, 0.6) is 0 Å². The zero-order chi connectivity index (χ0) is 26.2. The molecule has 202 valence electrons. The molecule has 3 rings (SSSR count). The highest BCUT2D eigenvalue weighted by atomic mass is 15.1. The first-order valence-electron chi connectivity index (χ1n) is 15.3. The number of aryl methyl sites for hydroxylation is 1. The third-order valence-electron chi connectivity index (χ3n) is 8.26. The normalized spacial score (nSPS) is 13.9. The van der Waals surface area contributed by atoms with Crippen molar-refractivity contribution in [2.24, 2.45) is 0 Å². The number of hydrogen-bond donors (Lipinski definition) is 0. The Labute approximate surface area is 228 Å². The topological polar surface area (TPSA) is 8.81 Å². The molecule has 0 N–H and O–H groups in total. The van der Waals surface area contributed by atoms with Gasteiger partial charge in [-0.25, -0.2) is 9.13 Å². The number of rotatable bonds is 19. The predicted octanol–water partition coefficient (Wildman–Crippen LogP) is 9.63. The summed E-state index contributed by atoms with van der Waals surface area (Å²) in [5, 5.41) is 0. The van der Waals surface area contributed by atoms with Gasteiger partial charge in [-0.05, 0) is 43.2 Å². The summed E-state index contributed by atoms with van der Waals surface area (Å²) in [6.07, 6.45) is 25.5. The second-order valence-electron chi connectivity index (χ2n) is 11.4. The Balaban J connectivity index is 1.80. The van der Waals surface area contributed by atoms with Gasteiger partial charge in [0.05, 0.1) is 6.54 Å². The maximum absolute atomic E-state index is 2.55. The summed E-state index contributed by atoms with van der Waals surface area (Å²) in [6, 6.07) is 22.8. The van der Waals surface area contributed by atoms with Crippen molar-refractivity contribution in [2.75, 3.05) is 0 Å². The zero-order valence-electron chi connectivity index (χ0n) is 24.1. The molecule has 2 aromatic carbocycles. The highest BCUT2D eigenvalue weighted by molar-refractivity contribution is 5.30. The number of imidazole rings is 1. The zero-order valence-corrected chi connectivity index (χ0v) is 24.1. The molecule has 37 heavy (non-hydrogen) atoms. The van der Waals surface area contributed by atoms with Gasteiger partial charge in [0.15, 0.2) is 0 Å². The summed E-state index contributed by atoms with van der Waals surface area (Å²) in [6.45, 7) is 8.22. The second-order valence-corrected chi connectivity index (χ2v) is 11.4.